The van der Waals surface area contributed by atoms with Crippen LogP contribution < -0.4 is 15.5 Å². The predicted molar refractivity (Wildman–Crippen MR) is 124 cm³/mol. The van der Waals surface area contributed by atoms with Crippen molar-refractivity contribution < 1.29 is 14.3 Å². The van der Waals surface area contributed by atoms with Crippen molar-refractivity contribution >= 4 is 17.7 Å². The number of hydrogen-bond acceptors (Lipinski definition) is 5. The van der Waals surface area contributed by atoms with Crippen LogP contribution in [0.15, 0.2) is 48.5 Å². The molecule has 0 aliphatic carbocycles. The highest BCUT2D eigenvalue weighted by atomic mass is 16.6. The van der Waals surface area contributed by atoms with E-state index >= 15 is 0 Å². The Bertz CT molecular complexity index is 1010. The second kappa shape index (κ2) is 9.73. The first-order valence-corrected chi connectivity index (χ1v) is 10.8. The Morgan fingerprint density at radius 3 is 2.53 bits per heavy atom. The molecule has 0 aromatic heterocycles. The maximum atomic E-state index is 12.6. The molecular weight excluding hydrogens is 404 g/mol. The summed E-state index contributed by atoms with van der Waals surface area (Å²) in [6.07, 6.45) is 0.135. The smallest absolute Gasteiger partial charge is 0.408 e. The van der Waals surface area contributed by atoms with Gasteiger partial charge in [0, 0.05) is 19.1 Å². The van der Waals surface area contributed by atoms with Gasteiger partial charge in [-0.3, -0.25) is 4.79 Å². The molecule has 1 aliphatic heterocycles. The summed E-state index contributed by atoms with van der Waals surface area (Å²) in [5.74, 6) is -0.263. The zero-order valence-electron chi connectivity index (χ0n) is 19.0. The van der Waals surface area contributed by atoms with Gasteiger partial charge < -0.3 is 20.3 Å². The first-order chi connectivity index (χ1) is 15.2. The number of hydrogen-bond donors (Lipinski definition) is 2. The van der Waals surface area contributed by atoms with Gasteiger partial charge in [0.1, 0.15) is 17.7 Å². The van der Waals surface area contributed by atoms with Gasteiger partial charge in [-0.15, -0.1) is 0 Å². The topological polar surface area (TPSA) is 94.5 Å². The quantitative estimate of drug-likeness (QED) is 0.746. The lowest BCUT2D eigenvalue weighted by Crippen LogP contribution is -2.49. The summed E-state index contributed by atoms with van der Waals surface area (Å²) in [5, 5.41) is 15.2. The number of amides is 2. The van der Waals surface area contributed by atoms with E-state index < -0.39 is 17.7 Å². The molecule has 0 bridgehead atoms. The number of benzene rings is 2. The summed E-state index contributed by atoms with van der Waals surface area (Å²) in [6.45, 7) is 8.26. The summed E-state index contributed by atoms with van der Waals surface area (Å²) < 4.78 is 5.21. The van der Waals surface area contributed by atoms with E-state index in [0.29, 0.717) is 12.1 Å². The first kappa shape index (κ1) is 23.1. The van der Waals surface area contributed by atoms with E-state index in [9.17, 15) is 14.9 Å². The van der Waals surface area contributed by atoms with Gasteiger partial charge in [0.25, 0.3) is 0 Å². The van der Waals surface area contributed by atoms with Crippen molar-refractivity contribution in [1.82, 2.24) is 10.6 Å². The Morgan fingerprint density at radius 2 is 1.88 bits per heavy atom. The van der Waals surface area contributed by atoms with Gasteiger partial charge in [-0.25, -0.2) is 4.79 Å². The molecule has 3 rings (SSSR count). The van der Waals surface area contributed by atoms with Crippen LogP contribution in [0.4, 0.5) is 10.5 Å². The van der Waals surface area contributed by atoms with Gasteiger partial charge >= 0.3 is 6.09 Å². The second-order valence-electron chi connectivity index (χ2n) is 9.02. The van der Waals surface area contributed by atoms with Gasteiger partial charge in [0.05, 0.1) is 11.3 Å². The zero-order valence-corrected chi connectivity index (χ0v) is 19.0. The van der Waals surface area contributed by atoms with Crippen LogP contribution in [0.5, 0.6) is 0 Å². The molecule has 1 aliphatic rings. The summed E-state index contributed by atoms with van der Waals surface area (Å²) in [7, 11) is 0. The lowest BCUT2D eigenvalue weighted by Gasteiger charge is -2.23. The molecule has 0 spiro atoms. The highest BCUT2D eigenvalue weighted by molar-refractivity contribution is 5.85. The lowest BCUT2D eigenvalue weighted by atomic mass is 10.0. The standard InChI is InChI=1S/C25H30N4O3/c1-17(27-24(31)32-25(2,3)4)23(30)28-21-12-13-29(16-21)22-14-19(10-11-20(22)15-26)18-8-6-5-7-9-18/h5-11,14,17,21H,12-13,16H2,1-4H3,(H,27,31)(H,28,30). The fourth-order valence-electron chi connectivity index (χ4n) is 3.67. The van der Waals surface area contributed by atoms with E-state index in [0.717, 1.165) is 29.8 Å². The van der Waals surface area contributed by atoms with Crippen molar-refractivity contribution in [1.29, 1.82) is 5.26 Å². The van der Waals surface area contributed by atoms with E-state index in [1.54, 1.807) is 27.7 Å². The van der Waals surface area contributed by atoms with Crippen LogP contribution in [0.25, 0.3) is 11.1 Å². The van der Waals surface area contributed by atoms with Gasteiger partial charge in [-0.05, 0) is 57.4 Å². The van der Waals surface area contributed by atoms with Crippen molar-refractivity contribution in [3.05, 3.63) is 54.1 Å². The number of rotatable bonds is 5. The molecule has 2 amide bonds. The Morgan fingerprint density at radius 1 is 1.16 bits per heavy atom. The molecule has 1 saturated heterocycles. The van der Waals surface area contributed by atoms with Crippen LogP contribution in [-0.4, -0.2) is 42.8 Å². The van der Waals surface area contributed by atoms with Crippen LogP contribution in [0.2, 0.25) is 0 Å². The average molecular weight is 435 g/mol. The molecule has 0 saturated carbocycles. The molecule has 1 heterocycles. The summed E-state index contributed by atoms with van der Waals surface area (Å²) in [6, 6.07) is 17.3. The highest BCUT2D eigenvalue weighted by Crippen LogP contribution is 2.30. The number of nitrogens with one attached hydrogen (secondary N) is 2. The molecule has 168 valence electrons. The van der Waals surface area contributed by atoms with Crippen LogP contribution in [-0.2, 0) is 9.53 Å². The van der Waals surface area contributed by atoms with Crippen LogP contribution >= 0.6 is 0 Å². The van der Waals surface area contributed by atoms with Crippen molar-refractivity contribution in [3.8, 4) is 17.2 Å². The zero-order chi connectivity index (χ0) is 23.3. The SMILES string of the molecule is CC(NC(=O)OC(C)(C)C)C(=O)NC1CCN(c2cc(-c3ccccc3)ccc2C#N)C1. The number of nitrogens with zero attached hydrogens (tertiary/aromatic N) is 2. The third-order valence-corrected chi connectivity index (χ3v) is 5.23. The summed E-state index contributed by atoms with van der Waals surface area (Å²) in [4.78, 5) is 26.6. The highest BCUT2D eigenvalue weighted by Gasteiger charge is 2.28. The Kier molecular flexibility index (Phi) is 7.04. The van der Waals surface area contributed by atoms with E-state index in [1.165, 1.54) is 0 Å². The van der Waals surface area contributed by atoms with Crippen molar-refractivity contribution in [2.24, 2.45) is 0 Å². The number of nitriles is 1. The monoisotopic (exact) mass is 434 g/mol. The Hall–Kier alpha value is -3.53. The normalized spacial score (nSPS) is 16.7. The Balaban J connectivity index is 1.63. The molecular formula is C25H30N4O3. The molecule has 7 heteroatoms. The summed E-state index contributed by atoms with van der Waals surface area (Å²) >= 11 is 0. The second-order valence-corrected chi connectivity index (χ2v) is 9.02. The van der Waals surface area contributed by atoms with Gasteiger partial charge in [-0.2, -0.15) is 5.26 Å². The minimum absolute atomic E-state index is 0.0719. The first-order valence-electron chi connectivity index (χ1n) is 10.8. The third-order valence-electron chi connectivity index (χ3n) is 5.23. The predicted octanol–water partition coefficient (Wildman–Crippen LogP) is 3.83. The minimum atomic E-state index is -0.713. The number of alkyl carbamates (subject to hydrolysis) is 1. The van der Waals surface area contributed by atoms with Crippen LogP contribution in [0, 0.1) is 11.3 Å². The number of carbonyl (C=O) groups is 2. The maximum Gasteiger partial charge on any atom is 0.408 e. The van der Waals surface area contributed by atoms with Crippen LogP contribution in [0.1, 0.15) is 39.7 Å². The van der Waals surface area contributed by atoms with Gasteiger partial charge in [-0.1, -0.05) is 36.4 Å². The van der Waals surface area contributed by atoms with E-state index in [-0.39, 0.29) is 11.9 Å². The van der Waals surface area contributed by atoms with Crippen LogP contribution in [0.3, 0.4) is 0 Å². The summed E-state index contributed by atoms with van der Waals surface area (Å²) in [5.41, 5.74) is 2.98. The Labute approximate surface area is 189 Å². The van der Waals surface area contributed by atoms with Crippen molar-refractivity contribution in [2.75, 3.05) is 18.0 Å². The fraction of sp³-hybridized carbons (Fsp3) is 0.400. The van der Waals surface area contributed by atoms with Crippen molar-refractivity contribution in [3.63, 3.8) is 0 Å². The van der Waals surface area contributed by atoms with E-state index in [1.807, 2.05) is 48.5 Å². The molecule has 2 aromatic rings. The molecule has 1 fully saturated rings. The maximum absolute atomic E-state index is 12.6. The fourth-order valence-corrected chi connectivity index (χ4v) is 3.67. The molecule has 32 heavy (non-hydrogen) atoms. The van der Waals surface area contributed by atoms with Crippen molar-refractivity contribution in [2.45, 2.75) is 51.8 Å². The molecule has 0 radical (unpaired) electrons. The van der Waals surface area contributed by atoms with E-state index in [4.69, 9.17) is 4.74 Å². The minimum Gasteiger partial charge on any atom is -0.444 e. The number of carbonyl (C=O) groups excluding carboxylic acids is 2. The third kappa shape index (κ3) is 6.01. The number of ether oxygens (including phenoxy) is 1. The van der Waals surface area contributed by atoms with E-state index in [2.05, 4.69) is 21.6 Å². The molecule has 2 atom stereocenters. The average Bonchev–Trinajstić information content (AvgIpc) is 3.20. The molecule has 7 nitrogen and oxygen atoms in total. The lowest BCUT2D eigenvalue weighted by molar-refractivity contribution is -0.123. The largest absolute Gasteiger partial charge is 0.444 e. The molecule has 2 aromatic carbocycles. The molecule has 2 unspecified atom stereocenters. The molecule has 2 N–H and O–H groups in total. The van der Waals surface area contributed by atoms with Gasteiger partial charge in [0.2, 0.25) is 5.91 Å². The van der Waals surface area contributed by atoms with Gasteiger partial charge in [0.15, 0.2) is 0 Å². The number of anilines is 1.